The quantitative estimate of drug-likeness (QED) is 0.575. The predicted octanol–water partition coefficient (Wildman–Crippen LogP) is 2.09. The van der Waals surface area contributed by atoms with Gasteiger partial charge in [0.25, 0.3) is 0 Å². The van der Waals surface area contributed by atoms with Gasteiger partial charge in [0.1, 0.15) is 0 Å². The lowest BCUT2D eigenvalue weighted by Crippen LogP contribution is -2.05. The highest BCUT2D eigenvalue weighted by Gasteiger charge is 2.08. The van der Waals surface area contributed by atoms with Gasteiger partial charge in [-0.3, -0.25) is 0 Å². The first-order chi connectivity index (χ1) is 6.69. The van der Waals surface area contributed by atoms with Crippen molar-refractivity contribution >= 4 is 17.7 Å². The third kappa shape index (κ3) is 2.13. The minimum Gasteiger partial charge on any atom is -0.465 e. The van der Waals surface area contributed by atoms with E-state index >= 15 is 0 Å². The van der Waals surface area contributed by atoms with E-state index in [1.54, 1.807) is 12.1 Å². The van der Waals surface area contributed by atoms with Crippen molar-refractivity contribution in [1.82, 2.24) is 0 Å². The number of hydrogen-bond acceptors (Lipinski definition) is 3. The average molecular weight is 191 g/mol. The summed E-state index contributed by atoms with van der Waals surface area (Å²) in [5.41, 5.74) is 7.50. The second-order valence-corrected chi connectivity index (χ2v) is 2.84. The van der Waals surface area contributed by atoms with E-state index in [-0.39, 0.29) is 0 Å². The Morgan fingerprint density at radius 3 is 2.71 bits per heavy atom. The molecule has 0 fully saturated rings. The topological polar surface area (TPSA) is 52.3 Å². The van der Waals surface area contributed by atoms with Gasteiger partial charge >= 0.3 is 5.97 Å². The summed E-state index contributed by atoms with van der Waals surface area (Å²) in [7, 11) is 1.33. The molecule has 0 saturated carbocycles. The number of methoxy groups -OCH3 is 1. The first-order valence-corrected chi connectivity index (χ1v) is 4.29. The molecule has 0 saturated heterocycles. The number of rotatable bonds is 2. The Hall–Kier alpha value is -1.77. The maximum absolute atomic E-state index is 11.2. The van der Waals surface area contributed by atoms with Gasteiger partial charge in [-0.15, -0.1) is 0 Å². The highest BCUT2D eigenvalue weighted by atomic mass is 16.5. The van der Waals surface area contributed by atoms with E-state index in [1.165, 1.54) is 7.11 Å². The molecule has 0 atom stereocenters. The van der Waals surface area contributed by atoms with Gasteiger partial charge in [-0.2, -0.15) is 0 Å². The maximum atomic E-state index is 11.2. The number of carbonyl (C=O) groups excluding carboxylic acids is 1. The normalized spacial score (nSPS) is 10.4. The van der Waals surface area contributed by atoms with Crippen LogP contribution >= 0.6 is 0 Å². The number of nitrogens with two attached hydrogens (primary N) is 1. The third-order valence-electron chi connectivity index (χ3n) is 1.84. The van der Waals surface area contributed by atoms with Crippen molar-refractivity contribution in [2.75, 3.05) is 12.8 Å². The molecule has 3 nitrogen and oxygen atoms in total. The number of nitrogen functional groups attached to an aromatic ring is 1. The molecule has 2 N–H and O–H groups in total. The minimum absolute atomic E-state index is 0.403. The van der Waals surface area contributed by atoms with Crippen LogP contribution in [-0.2, 0) is 4.74 Å². The van der Waals surface area contributed by atoms with Crippen LogP contribution in [0.2, 0.25) is 0 Å². The lowest BCUT2D eigenvalue weighted by molar-refractivity contribution is 0.0602. The Morgan fingerprint density at radius 1 is 1.50 bits per heavy atom. The largest absolute Gasteiger partial charge is 0.465 e. The number of carbonyl (C=O) groups is 1. The summed E-state index contributed by atoms with van der Waals surface area (Å²) in [6, 6.07) is 5.23. The molecular weight excluding hydrogens is 178 g/mol. The zero-order valence-electron chi connectivity index (χ0n) is 8.28. The summed E-state index contributed by atoms with van der Waals surface area (Å²) >= 11 is 0. The lowest BCUT2D eigenvalue weighted by atomic mass is 10.1. The molecule has 0 bridgehead atoms. The van der Waals surface area contributed by atoms with E-state index in [9.17, 15) is 4.79 Å². The number of ether oxygens (including phenoxy) is 1. The van der Waals surface area contributed by atoms with Crippen molar-refractivity contribution in [2.45, 2.75) is 6.92 Å². The summed E-state index contributed by atoms with van der Waals surface area (Å²) in [6.45, 7) is 1.92. The first kappa shape index (κ1) is 10.3. The Kier molecular flexibility index (Phi) is 3.29. The fraction of sp³-hybridized carbons (Fsp3) is 0.182. The van der Waals surface area contributed by atoms with Crippen LogP contribution in [0.4, 0.5) is 5.69 Å². The van der Waals surface area contributed by atoms with Crippen LogP contribution in [0.3, 0.4) is 0 Å². The first-order valence-electron chi connectivity index (χ1n) is 4.29. The van der Waals surface area contributed by atoms with Gasteiger partial charge in [0, 0.05) is 5.69 Å². The van der Waals surface area contributed by atoms with Crippen molar-refractivity contribution in [3.8, 4) is 0 Å². The molecule has 74 valence electrons. The number of esters is 1. The molecule has 3 heteroatoms. The summed E-state index contributed by atoms with van der Waals surface area (Å²) in [4.78, 5) is 11.2. The van der Waals surface area contributed by atoms with Gasteiger partial charge < -0.3 is 10.5 Å². The molecule has 0 unspecified atom stereocenters. The Labute approximate surface area is 83.2 Å². The van der Waals surface area contributed by atoms with Gasteiger partial charge in [0.2, 0.25) is 0 Å². The van der Waals surface area contributed by atoms with Crippen LogP contribution in [0.15, 0.2) is 24.3 Å². The molecule has 1 aromatic carbocycles. The van der Waals surface area contributed by atoms with Crippen LogP contribution in [0, 0.1) is 0 Å². The van der Waals surface area contributed by atoms with Gasteiger partial charge in [-0.25, -0.2) is 4.79 Å². The Morgan fingerprint density at radius 2 is 2.21 bits per heavy atom. The highest BCUT2D eigenvalue weighted by Crippen LogP contribution is 2.16. The molecule has 0 aliphatic carbocycles. The highest BCUT2D eigenvalue weighted by molar-refractivity contribution is 5.95. The standard InChI is InChI=1S/C11H13NO2/c1-3-4-8-5-6-9(10(12)7-8)11(13)14-2/h3-7H,12H2,1-2H3. The molecule has 0 aliphatic rings. The van der Waals surface area contributed by atoms with Crippen LogP contribution in [0.1, 0.15) is 22.8 Å². The third-order valence-corrected chi connectivity index (χ3v) is 1.84. The van der Waals surface area contributed by atoms with Crippen LogP contribution < -0.4 is 5.73 Å². The molecule has 0 heterocycles. The van der Waals surface area contributed by atoms with E-state index in [4.69, 9.17) is 5.73 Å². The van der Waals surface area contributed by atoms with Crippen molar-refractivity contribution in [3.05, 3.63) is 35.4 Å². The van der Waals surface area contributed by atoms with Crippen molar-refractivity contribution < 1.29 is 9.53 Å². The van der Waals surface area contributed by atoms with Gasteiger partial charge in [0.05, 0.1) is 12.7 Å². The Balaban J connectivity index is 3.07. The number of benzene rings is 1. The zero-order chi connectivity index (χ0) is 10.6. The number of anilines is 1. The summed E-state index contributed by atoms with van der Waals surface area (Å²) < 4.78 is 4.58. The predicted molar refractivity (Wildman–Crippen MR) is 56.9 cm³/mol. The zero-order valence-corrected chi connectivity index (χ0v) is 8.28. The molecule has 0 aromatic heterocycles. The van der Waals surface area contributed by atoms with E-state index in [2.05, 4.69) is 4.74 Å². The molecule has 0 aliphatic heterocycles. The molecule has 1 aromatic rings. The summed E-state index contributed by atoms with van der Waals surface area (Å²) in [6.07, 6.45) is 3.82. The van der Waals surface area contributed by atoms with Crippen molar-refractivity contribution in [3.63, 3.8) is 0 Å². The summed E-state index contributed by atoms with van der Waals surface area (Å²) in [5, 5.41) is 0. The summed E-state index contributed by atoms with van der Waals surface area (Å²) in [5.74, 6) is -0.408. The smallest absolute Gasteiger partial charge is 0.339 e. The lowest BCUT2D eigenvalue weighted by Gasteiger charge is -2.03. The van der Waals surface area contributed by atoms with E-state index in [1.807, 2.05) is 25.1 Å². The average Bonchev–Trinajstić information content (AvgIpc) is 2.17. The molecule has 14 heavy (non-hydrogen) atoms. The van der Waals surface area contributed by atoms with Crippen LogP contribution in [0.25, 0.3) is 6.08 Å². The van der Waals surface area contributed by atoms with Gasteiger partial charge in [-0.1, -0.05) is 18.2 Å². The minimum atomic E-state index is -0.408. The van der Waals surface area contributed by atoms with E-state index in [0.29, 0.717) is 11.3 Å². The second-order valence-electron chi connectivity index (χ2n) is 2.84. The molecular formula is C11H13NO2. The van der Waals surface area contributed by atoms with Crippen LogP contribution in [-0.4, -0.2) is 13.1 Å². The molecule has 1 rings (SSSR count). The fourth-order valence-corrected chi connectivity index (χ4v) is 1.17. The molecule has 0 radical (unpaired) electrons. The monoisotopic (exact) mass is 191 g/mol. The van der Waals surface area contributed by atoms with Crippen LogP contribution in [0.5, 0.6) is 0 Å². The second kappa shape index (κ2) is 4.46. The van der Waals surface area contributed by atoms with E-state index in [0.717, 1.165) is 5.56 Å². The number of allylic oxidation sites excluding steroid dienone is 1. The Bertz CT molecular complexity index is 370. The van der Waals surface area contributed by atoms with Crippen molar-refractivity contribution in [1.29, 1.82) is 0 Å². The molecule has 0 spiro atoms. The number of hydrogen-bond donors (Lipinski definition) is 1. The van der Waals surface area contributed by atoms with Gasteiger partial charge in [0.15, 0.2) is 0 Å². The molecule has 0 amide bonds. The SMILES string of the molecule is CC=Cc1ccc(C(=O)OC)c(N)c1. The maximum Gasteiger partial charge on any atom is 0.339 e. The van der Waals surface area contributed by atoms with Gasteiger partial charge in [-0.05, 0) is 24.6 Å². The van der Waals surface area contributed by atoms with E-state index < -0.39 is 5.97 Å². The fourth-order valence-electron chi connectivity index (χ4n) is 1.17. The van der Waals surface area contributed by atoms with Crippen molar-refractivity contribution in [2.24, 2.45) is 0 Å².